The van der Waals surface area contributed by atoms with Crippen LogP contribution in [0.15, 0.2) is 60.7 Å². The standard InChI is InChI=1S/C28H38O4/c29-27-15-23(11-13-25(27)19-31-17-21-7-3-1-4-8-21)24-12-14-26(28(30)16-24)20-32-18-22-9-5-2-6-10-22/h1-10,23-30H,11-20H2/t23-,24-,25+,26+,27?,28?/m0/s1. The fourth-order valence-electron chi connectivity index (χ4n) is 5.53. The van der Waals surface area contributed by atoms with Crippen molar-refractivity contribution in [1.29, 1.82) is 0 Å². The molecule has 0 bridgehead atoms. The molecule has 2 aliphatic rings. The number of aliphatic hydroxyl groups is 2. The van der Waals surface area contributed by atoms with Gasteiger partial charge in [0.05, 0.1) is 38.6 Å². The van der Waals surface area contributed by atoms with Crippen molar-refractivity contribution in [3.8, 4) is 0 Å². The minimum Gasteiger partial charge on any atom is -0.393 e. The van der Waals surface area contributed by atoms with E-state index in [2.05, 4.69) is 24.3 Å². The van der Waals surface area contributed by atoms with E-state index in [9.17, 15) is 10.2 Å². The van der Waals surface area contributed by atoms with Crippen LogP contribution in [0, 0.1) is 23.7 Å². The molecule has 0 amide bonds. The van der Waals surface area contributed by atoms with Gasteiger partial charge in [0.1, 0.15) is 0 Å². The molecule has 0 spiro atoms. The maximum atomic E-state index is 10.7. The normalized spacial score (nSPS) is 30.8. The van der Waals surface area contributed by atoms with Crippen LogP contribution in [0.4, 0.5) is 0 Å². The van der Waals surface area contributed by atoms with Gasteiger partial charge in [-0.15, -0.1) is 0 Å². The molecule has 2 unspecified atom stereocenters. The van der Waals surface area contributed by atoms with Crippen LogP contribution in [0.1, 0.15) is 49.7 Å². The maximum absolute atomic E-state index is 10.7. The zero-order chi connectivity index (χ0) is 22.2. The second kappa shape index (κ2) is 11.9. The lowest BCUT2D eigenvalue weighted by atomic mass is 9.68. The van der Waals surface area contributed by atoms with Crippen LogP contribution in [-0.2, 0) is 22.7 Å². The molecule has 2 aromatic carbocycles. The molecule has 2 aromatic rings. The molecule has 0 aromatic heterocycles. The van der Waals surface area contributed by atoms with Crippen LogP contribution in [0.3, 0.4) is 0 Å². The first-order valence-corrected chi connectivity index (χ1v) is 12.3. The van der Waals surface area contributed by atoms with Gasteiger partial charge in [0, 0.05) is 11.8 Å². The Morgan fingerprint density at radius 3 is 1.38 bits per heavy atom. The number of aliphatic hydroxyl groups excluding tert-OH is 2. The van der Waals surface area contributed by atoms with E-state index in [1.54, 1.807) is 0 Å². The Morgan fingerprint density at radius 2 is 1.00 bits per heavy atom. The molecular formula is C28H38O4. The van der Waals surface area contributed by atoms with Gasteiger partial charge in [0.2, 0.25) is 0 Å². The summed E-state index contributed by atoms with van der Waals surface area (Å²) in [6.07, 6.45) is 5.36. The van der Waals surface area contributed by atoms with Crippen LogP contribution in [-0.4, -0.2) is 35.6 Å². The molecule has 2 N–H and O–H groups in total. The Hall–Kier alpha value is -1.72. The lowest BCUT2D eigenvalue weighted by Gasteiger charge is -2.41. The van der Waals surface area contributed by atoms with Crippen molar-refractivity contribution in [2.45, 2.75) is 63.9 Å². The number of rotatable bonds is 9. The average molecular weight is 439 g/mol. The molecular weight excluding hydrogens is 400 g/mol. The molecule has 2 fully saturated rings. The zero-order valence-electron chi connectivity index (χ0n) is 19.0. The fraction of sp³-hybridized carbons (Fsp3) is 0.571. The molecule has 174 valence electrons. The molecule has 6 atom stereocenters. The van der Waals surface area contributed by atoms with Crippen LogP contribution in [0.5, 0.6) is 0 Å². The highest BCUT2D eigenvalue weighted by Crippen LogP contribution is 2.41. The molecule has 2 saturated carbocycles. The summed E-state index contributed by atoms with van der Waals surface area (Å²) >= 11 is 0. The summed E-state index contributed by atoms with van der Waals surface area (Å²) in [6, 6.07) is 20.4. The Balaban J connectivity index is 1.15. The van der Waals surface area contributed by atoms with Gasteiger partial charge in [0.15, 0.2) is 0 Å². The molecule has 0 radical (unpaired) electrons. The highest BCUT2D eigenvalue weighted by atomic mass is 16.5. The van der Waals surface area contributed by atoms with Crippen molar-refractivity contribution in [3.05, 3.63) is 71.8 Å². The number of benzene rings is 2. The van der Waals surface area contributed by atoms with Gasteiger partial charge in [-0.25, -0.2) is 0 Å². The zero-order valence-corrected chi connectivity index (χ0v) is 19.0. The summed E-state index contributed by atoms with van der Waals surface area (Å²) in [5.41, 5.74) is 2.35. The fourth-order valence-corrected chi connectivity index (χ4v) is 5.53. The van der Waals surface area contributed by atoms with Crippen LogP contribution < -0.4 is 0 Å². The quantitative estimate of drug-likeness (QED) is 0.580. The third-order valence-electron chi connectivity index (χ3n) is 7.55. The Kier molecular flexibility index (Phi) is 8.75. The van der Waals surface area contributed by atoms with E-state index < -0.39 is 0 Å². The molecule has 0 saturated heterocycles. The first-order chi connectivity index (χ1) is 15.7. The smallest absolute Gasteiger partial charge is 0.0717 e. The Labute approximate surface area is 192 Å². The van der Waals surface area contributed by atoms with Gasteiger partial charge in [-0.2, -0.15) is 0 Å². The van der Waals surface area contributed by atoms with Gasteiger partial charge < -0.3 is 19.7 Å². The molecule has 0 heterocycles. The van der Waals surface area contributed by atoms with E-state index in [4.69, 9.17) is 9.47 Å². The van der Waals surface area contributed by atoms with Crippen molar-refractivity contribution in [2.24, 2.45) is 23.7 Å². The second-order valence-electron chi connectivity index (χ2n) is 9.80. The van der Waals surface area contributed by atoms with Crippen LogP contribution >= 0.6 is 0 Å². The molecule has 2 aliphatic carbocycles. The van der Waals surface area contributed by atoms with E-state index in [0.29, 0.717) is 38.3 Å². The highest BCUT2D eigenvalue weighted by Gasteiger charge is 2.37. The molecule has 0 aliphatic heterocycles. The third-order valence-corrected chi connectivity index (χ3v) is 7.55. The first kappa shape index (κ1) is 23.4. The van der Waals surface area contributed by atoms with Gasteiger partial charge in [0.25, 0.3) is 0 Å². The summed E-state index contributed by atoms with van der Waals surface area (Å²) in [5.74, 6) is 1.47. The largest absolute Gasteiger partial charge is 0.393 e. The second-order valence-corrected chi connectivity index (χ2v) is 9.80. The van der Waals surface area contributed by atoms with Crippen molar-refractivity contribution in [1.82, 2.24) is 0 Å². The van der Waals surface area contributed by atoms with E-state index >= 15 is 0 Å². The van der Waals surface area contributed by atoms with Gasteiger partial charge >= 0.3 is 0 Å². The number of hydrogen-bond acceptors (Lipinski definition) is 4. The maximum Gasteiger partial charge on any atom is 0.0717 e. The van der Waals surface area contributed by atoms with Gasteiger partial charge in [-0.05, 0) is 61.5 Å². The van der Waals surface area contributed by atoms with Crippen molar-refractivity contribution in [2.75, 3.05) is 13.2 Å². The van der Waals surface area contributed by atoms with Crippen LogP contribution in [0.25, 0.3) is 0 Å². The molecule has 4 nitrogen and oxygen atoms in total. The summed E-state index contributed by atoms with van der Waals surface area (Å²) in [6.45, 7) is 2.46. The van der Waals surface area contributed by atoms with E-state index in [1.165, 1.54) is 11.1 Å². The SMILES string of the molecule is OC1C[C@@H]([C@H]2CC[C@H](COCc3ccccc3)C(O)C2)CC[C@@H]1COCc1ccccc1. The Bertz CT molecular complexity index is 713. The summed E-state index contributed by atoms with van der Waals surface area (Å²) in [4.78, 5) is 0. The number of ether oxygens (including phenoxy) is 2. The van der Waals surface area contributed by atoms with E-state index in [1.807, 2.05) is 36.4 Å². The predicted molar refractivity (Wildman–Crippen MR) is 126 cm³/mol. The minimum atomic E-state index is -0.298. The van der Waals surface area contributed by atoms with Crippen LogP contribution in [0.2, 0.25) is 0 Å². The highest BCUT2D eigenvalue weighted by molar-refractivity contribution is 5.14. The molecule has 32 heavy (non-hydrogen) atoms. The topological polar surface area (TPSA) is 58.9 Å². The van der Waals surface area contributed by atoms with Gasteiger partial charge in [-0.1, -0.05) is 60.7 Å². The lowest BCUT2D eigenvalue weighted by molar-refractivity contribution is -0.0507. The monoisotopic (exact) mass is 438 g/mol. The minimum absolute atomic E-state index is 0.225. The Morgan fingerprint density at radius 1 is 0.594 bits per heavy atom. The van der Waals surface area contributed by atoms with E-state index in [0.717, 1.165) is 38.5 Å². The first-order valence-electron chi connectivity index (χ1n) is 12.3. The summed E-state index contributed by atoms with van der Waals surface area (Å²) in [7, 11) is 0. The van der Waals surface area contributed by atoms with Gasteiger partial charge in [-0.3, -0.25) is 0 Å². The third kappa shape index (κ3) is 6.64. The summed E-state index contributed by atoms with van der Waals surface area (Å²) < 4.78 is 11.8. The van der Waals surface area contributed by atoms with Crippen molar-refractivity contribution >= 4 is 0 Å². The summed E-state index contributed by atoms with van der Waals surface area (Å²) in [5, 5.41) is 21.5. The molecule has 4 rings (SSSR count). The van der Waals surface area contributed by atoms with Crippen molar-refractivity contribution in [3.63, 3.8) is 0 Å². The number of hydrogen-bond donors (Lipinski definition) is 2. The molecule has 4 heteroatoms. The lowest BCUT2D eigenvalue weighted by Crippen LogP contribution is -2.39. The predicted octanol–water partition coefficient (Wildman–Crippen LogP) is 4.97. The van der Waals surface area contributed by atoms with Crippen molar-refractivity contribution < 1.29 is 19.7 Å². The average Bonchev–Trinajstić information content (AvgIpc) is 2.82. The van der Waals surface area contributed by atoms with E-state index in [-0.39, 0.29) is 24.0 Å².